The van der Waals surface area contributed by atoms with E-state index in [1.807, 2.05) is 36.4 Å². The van der Waals surface area contributed by atoms with E-state index in [9.17, 15) is 14.9 Å². The Labute approximate surface area is 194 Å². The molecular weight excluding hydrogens is 434 g/mol. The molecule has 0 aliphatic carbocycles. The number of nitriles is 1. The number of aromatic nitrogens is 3. The molecule has 0 atom stereocenters. The summed E-state index contributed by atoms with van der Waals surface area (Å²) in [6.07, 6.45) is 4.25. The summed E-state index contributed by atoms with van der Waals surface area (Å²) in [7, 11) is 1.45. The van der Waals surface area contributed by atoms with Crippen molar-refractivity contribution in [2.75, 3.05) is 12.4 Å². The van der Waals surface area contributed by atoms with Gasteiger partial charge in [-0.25, -0.2) is 4.98 Å². The molecule has 0 radical (unpaired) electrons. The van der Waals surface area contributed by atoms with Gasteiger partial charge in [0.15, 0.2) is 23.1 Å². The van der Waals surface area contributed by atoms with Crippen molar-refractivity contribution in [2.24, 2.45) is 0 Å². The highest BCUT2D eigenvalue weighted by molar-refractivity contribution is 6.02. The average Bonchev–Trinajstić information content (AvgIpc) is 3.25. The molecule has 0 fully saturated rings. The Morgan fingerprint density at radius 3 is 2.71 bits per heavy atom. The lowest BCUT2D eigenvalue weighted by Crippen LogP contribution is -2.14. The summed E-state index contributed by atoms with van der Waals surface area (Å²) in [5, 5.41) is 17.4. The number of pyridine rings is 1. The van der Waals surface area contributed by atoms with E-state index < -0.39 is 11.9 Å². The number of esters is 1. The van der Waals surface area contributed by atoms with Gasteiger partial charge in [0, 0.05) is 18.4 Å². The van der Waals surface area contributed by atoms with Gasteiger partial charge in [0.25, 0.3) is 0 Å². The lowest BCUT2D eigenvalue weighted by molar-refractivity contribution is -0.132. The fourth-order valence-electron chi connectivity index (χ4n) is 3.25. The van der Waals surface area contributed by atoms with E-state index in [4.69, 9.17) is 9.47 Å². The summed E-state index contributed by atoms with van der Waals surface area (Å²) >= 11 is 0. The number of carbonyl (C=O) groups excluding carboxylic acids is 2. The standard InChI is InChI=1S/C25H19N5O4/c1-16(31)34-21-10-7-17(13-22(21)33-2)8-12-24(32)29-25-19(14-26)15-27-30(25)23-11-9-18-5-3-4-6-20(18)28-23/h3-13,15H,1-2H3,(H,29,32)/b12-8+. The number of nitrogens with one attached hydrogen (secondary N) is 1. The molecule has 0 bridgehead atoms. The number of methoxy groups -OCH3 is 1. The molecule has 0 aliphatic heterocycles. The summed E-state index contributed by atoms with van der Waals surface area (Å²) in [5.74, 6) is 0.369. The first-order chi connectivity index (χ1) is 16.5. The normalized spacial score (nSPS) is 10.7. The van der Waals surface area contributed by atoms with Crippen LogP contribution >= 0.6 is 0 Å². The number of anilines is 1. The molecule has 0 spiro atoms. The molecule has 2 aromatic heterocycles. The van der Waals surface area contributed by atoms with E-state index in [1.54, 1.807) is 30.3 Å². The number of rotatable bonds is 6. The van der Waals surface area contributed by atoms with Crippen molar-refractivity contribution in [1.82, 2.24) is 14.8 Å². The maximum Gasteiger partial charge on any atom is 0.308 e. The smallest absolute Gasteiger partial charge is 0.308 e. The molecule has 4 aromatic rings. The zero-order chi connectivity index (χ0) is 24.1. The number of amides is 1. The predicted octanol–water partition coefficient (Wildman–Crippen LogP) is 3.88. The molecule has 34 heavy (non-hydrogen) atoms. The zero-order valence-corrected chi connectivity index (χ0v) is 18.4. The van der Waals surface area contributed by atoms with Crippen LogP contribution in [0, 0.1) is 11.3 Å². The summed E-state index contributed by atoms with van der Waals surface area (Å²) < 4.78 is 11.7. The fourth-order valence-corrected chi connectivity index (χ4v) is 3.25. The van der Waals surface area contributed by atoms with Gasteiger partial charge in [0.2, 0.25) is 5.91 Å². The van der Waals surface area contributed by atoms with Gasteiger partial charge >= 0.3 is 5.97 Å². The average molecular weight is 453 g/mol. The van der Waals surface area contributed by atoms with E-state index in [0.717, 1.165) is 10.9 Å². The second kappa shape index (κ2) is 9.67. The van der Waals surface area contributed by atoms with Crippen LogP contribution in [0.25, 0.3) is 22.8 Å². The minimum Gasteiger partial charge on any atom is -0.493 e. The van der Waals surface area contributed by atoms with E-state index >= 15 is 0 Å². The molecule has 0 saturated carbocycles. The molecule has 4 rings (SSSR count). The van der Waals surface area contributed by atoms with Crippen LogP contribution in [-0.4, -0.2) is 33.8 Å². The Kier molecular flexibility index (Phi) is 6.32. The van der Waals surface area contributed by atoms with Gasteiger partial charge in [-0.1, -0.05) is 24.3 Å². The number of fused-ring (bicyclic) bond motifs is 1. The van der Waals surface area contributed by atoms with Gasteiger partial charge in [-0.2, -0.15) is 15.0 Å². The highest BCUT2D eigenvalue weighted by atomic mass is 16.6. The Morgan fingerprint density at radius 2 is 1.94 bits per heavy atom. The Hall–Kier alpha value is -4.97. The summed E-state index contributed by atoms with van der Waals surface area (Å²) in [6.45, 7) is 1.30. The lowest BCUT2D eigenvalue weighted by atomic mass is 10.2. The number of para-hydroxylation sites is 1. The molecule has 2 aromatic carbocycles. The van der Waals surface area contributed by atoms with E-state index in [1.165, 1.54) is 31.0 Å². The summed E-state index contributed by atoms with van der Waals surface area (Å²) in [4.78, 5) is 28.4. The van der Waals surface area contributed by atoms with Crippen molar-refractivity contribution in [3.63, 3.8) is 0 Å². The third-order valence-electron chi connectivity index (χ3n) is 4.80. The zero-order valence-electron chi connectivity index (χ0n) is 18.4. The number of hydrogen-bond donors (Lipinski definition) is 1. The molecule has 9 nitrogen and oxygen atoms in total. The molecule has 9 heteroatoms. The van der Waals surface area contributed by atoms with Gasteiger partial charge in [0.05, 0.1) is 18.8 Å². The van der Waals surface area contributed by atoms with Gasteiger partial charge < -0.3 is 14.8 Å². The van der Waals surface area contributed by atoms with Crippen molar-refractivity contribution in [3.05, 3.63) is 78.0 Å². The molecule has 0 saturated heterocycles. The molecular formula is C25H19N5O4. The van der Waals surface area contributed by atoms with Crippen molar-refractivity contribution in [3.8, 4) is 23.4 Å². The van der Waals surface area contributed by atoms with Crippen LogP contribution in [0.15, 0.2) is 66.9 Å². The van der Waals surface area contributed by atoms with Gasteiger partial charge in [-0.05, 0) is 42.0 Å². The lowest BCUT2D eigenvalue weighted by Gasteiger charge is -2.09. The maximum absolute atomic E-state index is 12.6. The molecule has 0 aliphatic rings. The summed E-state index contributed by atoms with van der Waals surface area (Å²) in [5.41, 5.74) is 1.61. The quantitative estimate of drug-likeness (QED) is 0.267. The fraction of sp³-hybridized carbons (Fsp3) is 0.0800. The van der Waals surface area contributed by atoms with Crippen LogP contribution in [0.3, 0.4) is 0 Å². The van der Waals surface area contributed by atoms with Crippen LogP contribution in [0.4, 0.5) is 5.82 Å². The van der Waals surface area contributed by atoms with Crippen molar-refractivity contribution >= 4 is 34.7 Å². The first kappa shape index (κ1) is 22.2. The number of nitrogens with zero attached hydrogens (tertiary/aromatic N) is 4. The maximum atomic E-state index is 12.6. The molecule has 1 amide bonds. The topological polar surface area (TPSA) is 119 Å². The molecule has 2 heterocycles. The van der Waals surface area contributed by atoms with E-state index in [0.29, 0.717) is 17.1 Å². The Balaban J connectivity index is 1.57. The van der Waals surface area contributed by atoms with Gasteiger partial charge in [-0.3, -0.25) is 9.59 Å². The van der Waals surface area contributed by atoms with Gasteiger partial charge in [-0.15, -0.1) is 0 Å². The third-order valence-corrected chi connectivity index (χ3v) is 4.80. The van der Waals surface area contributed by atoms with Crippen LogP contribution in [0.1, 0.15) is 18.1 Å². The second-order valence-electron chi connectivity index (χ2n) is 7.12. The first-order valence-corrected chi connectivity index (χ1v) is 10.2. The monoisotopic (exact) mass is 453 g/mol. The number of carbonyl (C=O) groups is 2. The molecule has 1 N–H and O–H groups in total. The minimum absolute atomic E-state index is 0.198. The number of benzene rings is 2. The van der Waals surface area contributed by atoms with E-state index in [2.05, 4.69) is 15.4 Å². The SMILES string of the molecule is COc1cc(/C=C/C(=O)Nc2c(C#N)cnn2-c2ccc3ccccc3n2)ccc1OC(C)=O. The minimum atomic E-state index is -0.470. The first-order valence-electron chi connectivity index (χ1n) is 10.2. The van der Waals surface area contributed by atoms with Crippen LogP contribution in [-0.2, 0) is 9.59 Å². The van der Waals surface area contributed by atoms with Crippen molar-refractivity contribution in [2.45, 2.75) is 6.92 Å². The highest BCUT2D eigenvalue weighted by Gasteiger charge is 2.15. The second-order valence-corrected chi connectivity index (χ2v) is 7.12. The molecule has 168 valence electrons. The van der Waals surface area contributed by atoms with Crippen molar-refractivity contribution in [1.29, 1.82) is 5.26 Å². The third kappa shape index (κ3) is 4.76. The Bertz CT molecular complexity index is 1470. The Morgan fingerprint density at radius 1 is 1.12 bits per heavy atom. The van der Waals surface area contributed by atoms with Crippen LogP contribution < -0.4 is 14.8 Å². The van der Waals surface area contributed by atoms with Crippen LogP contribution in [0.2, 0.25) is 0 Å². The highest BCUT2D eigenvalue weighted by Crippen LogP contribution is 2.29. The van der Waals surface area contributed by atoms with Crippen LogP contribution in [0.5, 0.6) is 11.5 Å². The number of ether oxygens (including phenoxy) is 2. The van der Waals surface area contributed by atoms with E-state index in [-0.39, 0.29) is 17.1 Å². The van der Waals surface area contributed by atoms with Crippen molar-refractivity contribution < 1.29 is 19.1 Å². The predicted molar refractivity (Wildman–Crippen MR) is 126 cm³/mol. The van der Waals surface area contributed by atoms with Gasteiger partial charge in [0.1, 0.15) is 11.6 Å². The largest absolute Gasteiger partial charge is 0.493 e. The number of hydrogen-bond acceptors (Lipinski definition) is 7. The molecule has 0 unspecified atom stereocenters. The summed E-state index contributed by atoms with van der Waals surface area (Å²) in [6, 6.07) is 18.2.